The van der Waals surface area contributed by atoms with Crippen molar-refractivity contribution in [2.24, 2.45) is 5.73 Å². The number of benzene rings is 1. The lowest BCUT2D eigenvalue weighted by Gasteiger charge is -2.34. The summed E-state index contributed by atoms with van der Waals surface area (Å²) in [5, 5.41) is 0.543. The zero-order valence-electron chi connectivity index (χ0n) is 11.7. The van der Waals surface area contributed by atoms with Crippen LogP contribution in [0, 0.1) is 5.82 Å². The van der Waals surface area contributed by atoms with Crippen LogP contribution in [-0.4, -0.2) is 36.5 Å². The van der Waals surface area contributed by atoms with Gasteiger partial charge in [0.15, 0.2) is 0 Å². The number of rotatable bonds is 7. The van der Waals surface area contributed by atoms with Crippen molar-refractivity contribution in [1.29, 1.82) is 0 Å². The van der Waals surface area contributed by atoms with Gasteiger partial charge in [0.2, 0.25) is 0 Å². The number of nitrogens with zero attached hydrogens (tertiary/aromatic N) is 1. The van der Waals surface area contributed by atoms with Crippen LogP contribution in [-0.2, 0) is 0 Å². The van der Waals surface area contributed by atoms with Crippen molar-refractivity contribution in [3.05, 3.63) is 34.6 Å². The summed E-state index contributed by atoms with van der Waals surface area (Å²) < 4.78 is 14.0. The topological polar surface area (TPSA) is 29.3 Å². The second kappa shape index (κ2) is 8.10. The molecule has 2 nitrogen and oxygen atoms in total. The van der Waals surface area contributed by atoms with E-state index in [2.05, 4.69) is 18.1 Å². The minimum absolute atomic E-state index is 0.143. The van der Waals surface area contributed by atoms with Gasteiger partial charge in [0, 0.05) is 35.0 Å². The van der Waals surface area contributed by atoms with Crippen molar-refractivity contribution in [2.45, 2.75) is 25.4 Å². The molecular formula is C14H22ClFN2S. The molecule has 2 N–H and O–H groups in total. The molecule has 0 heterocycles. The Labute approximate surface area is 124 Å². The average molecular weight is 305 g/mol. The molecule has 0 aliphatic rings. The van der Waals surface area contributed by atoms with Crippen molar-refractivity contribution >= 4 is 23.4 Å². The molecule has 0 bridgehead atoms. The van der Waals surface area contributed by atoms with E-state index in [4.69, 9.17) is 17.3 Å². The van der Waals surface area contributed by atoms with Crippen molar-refractivity contribution in [1.82, 2.24) is 4.90 Å². The van der Waals surface area contributed by atoms with E-state index < -0.39 is 0 Å². The maximum absolute atomic E-state index is 14.0. The van der Waals surface area contributed by atoms with Crippen LogP contribution in [0.5, 0.6) is 0 Å². The van der Waals surface area contributed by atoms with Crippen molar-refractivity contribution in [3.63, 3.8) is 0 Å². The molecule has 0 saturated carbocycles. The molecule has 0 aromatic heterocycles. The summed E-state index contributed by atoms with van der Waals surface area (Å²) in [6.07, 6.45) is 3.09. The van der Waals surface area contributed by atoms with Gasteiger partial charge in [-0.3, -0.25) is 4.90 Å². The molecule has 0 aliphatic carbocycles. The highest BCUT2D eigenvalue weighted by Gasteiger charge is 2.24. The summed E-state index contributed by atoms with van der Waals surface area (Å²) in [5.74, 6) is 0.761. The molecule has 2 atom stereocenters. The van der Waals surface area contributed by atoms with Gasteiger partial charge in [0.05, 0.1) is 0 Å². The summed E-state index contributed by atoms with van der Waals surface area (Å²) in [5.41, 5.74) is 6.44. The van der Waals surface area contributed by atoms with Gasteiger partial charge < -0.3 is 5.73 Å². The quantitative estimate of drug-likeness (QED) is 0.835. The molecule has 0 aliphatic heterocycles. The monoisotopic (exact) mass is 304 g/mol. The standard InChI is InChI=1S/C14H22ClFN2S/c1-4-11(9-19-3)18(2)14(8-17)12-7-10(15)5-6-13(12)16/h5-7,11,14H,4,8-9,17H2,1-3H3. The predicted octanol–water partition coefficient (Wildman–Crippen LogP) is 3.55. The van der Waals surface area contributed by atoms with E-state index >= 15 is 0 Å². The fourth-order valence-electron chi connectivity index (χ4n) is 2.25. The van der Waals surface area contributed by atoms with Crippen molar-refractivity contribution in [3.8, 4) is 0 Å². The molecule has 0 spiro atoms. The molecule has 5 heteroatoms. The average Bonchev–Trinajstić information content (AvgIpc) is 2.40. The van der Waals surface area contributed by atoms with Crippen LogP contribution >= 0.6 is 23.4 Å². The molecule has 1 aromatic rings. The van der Waals surface area contributed by atoms with Gasteiger partial charge in [-0.05, 0) is 37.9 Å². The number of likely N-dealkylation sites (N-methyl/N-ethyl adjacent to an activating group) is 1. The molecular weight excluding hydrogens is 283 g/mol. The first-order valence-electron chi connectivity index (χ1n) is 6.41. The zero-order valence-corrected chi connectivity index (χ0v) is 13.3. The highest BCUT2D eigenvalue weighted by atomic mass is 35.5. The molecule has 0 amide bonds. The first kappa shape index (κ1) is 16.8. The highest BCUT2D eigenvalue weighted by molar-refractivity contribution is 7.98. The summed E-state index contributed by atoms with van der Waals surface area (Å²) in [6.45, 7) is 2.51. The summed E-state index contributed by atoms with van der Waals surface area (Å²) >= 11 is 7.76. The molecule has 19 heavy (non-hydrogen) atoms. The van der Waals surface area contributed by atoms with Crippen molar-refractivity contribution in [2.75, 3.05) is 25.6 Å². The first-order chi connectivity index (χ1) is 9.04. The lowest BCUT2D eigenvalue weighted by atomic mass is 10.0. The first-order valence-corrected chi connectivity index (χ1v) is 8.18. The van der Waals surface area contributed by atoms with E-state index in [1.165, 1.54) is 6.07 Å². The fraction of sp³-hybridized carbons (Fsp3) is 0.571. The van der Waals surface area contributed by atoms with Gasteiger partial charge in [0.1, 0.15) is 5.82 Å². The maximum Gasteiger partial charge on any atom is 0.128 e. The lowest BCUT2D eigenvalue weighted by molar-refractivity contribution is 0.184. The van der Waals surface area contributed by atoms with E-state index in [9.17, 15) is 4.39 Å². The number of thioether (sulfide) groups is 1. The predicted molar refractivity (Wildman–Crippen MR) is 83.4 cm³/mol. The molecule has 0 fully saturated rings. The second-order valence-corrected chi connectivity index (χ2v) is 5.95. The van der Waals surface area contributed by atoms with Crippen molar-refractivity contribution < 1.29 is 4.39 Å². The SMILES string of the molecule is CCC(CSC)N(C)C(CN)c1cc(Cl)ccc1F. The summed E-state index contributed by atoms with van der Waals surface area (Å²) in [4.78, 5) is 2.16. The minimum Gasteiger partial charge on any atom is -0.329 e. The largest absolute Gasteiger partial charge is 0.329 e. The van der Waals surface area contributed by atoms with E-state index in [1.807, 2.05) is 7.05 Å². The van der Waals surface area contributed by atoms with Crippen LogP contribution in [0.3, 0.4) is 0 Å². The third kappa shape index (κ3) is 4.35. The summed E-state index contributed by atoms with van der Waals surface area (Å²) in [6, 6.07) is 4.88. The Hall–Kier alpha value is -0.290. The molecule has 2 unspecified atom stereocenters. The van der Waals surface area contributed by atoms with Gasteiger partial charge in [-0.15, -0.1) is 0 Å². The van der Waals surface area contributed by atoms with Gasteiger partial charge in [-0.1, -0.05) is 18.5 Å². The molecule has 0 radical (unpaired) electrons. The van der Waals surface area contributed by atoms with Crippen LogP contribution in [0.25, 0.3) is 0 Å². The number of nitrogens with two attached hydrogens (primary N) is 1. The van der Waals surface area contributed by atoms with Crippen LogP contribution < -0.4 is 5.73 Å². The van der Waals surface area contributed by atoms with E-state index in [0.717, 1.165) is 12.2 Å². The Kier molecular flexibility index (Phi) is 7.15. The molecule has 1 aromatic carbocycles. The fourth-order valence-corrected chi connectivity index (χ4v) is 3.29. The van der Waals surface area contributed by atoms with Gasteiger partial charge in [-0.2, -0.15) is 11.8 Å². The normalized spacial score (nSPS) is 14.7. The smallest absolute Gasteiger partial charge is 0.128 e. The Bertz CT molecular complexity index is 403. The highest BCUT2D eigenvalue weighted by Crippen LogP contribution is 2.27. The van der Waals surface area contributed by atoms with Gasteiger partial charge in [-0.25, -0.2) is 4.39 Å². The van der Waals surface area contributed by atoms with Crippen LogP contribution in [0.4, 0.5) is 4.39 Å². The second-order valence-electron chi connectivity index (χ2n) is 4.60. The van der Waals surface area contributed by atoms with Crippen LogP contribution in [0.1, 0.15) is 24.9 Å². The number of hydrogen-bond donors (Lipinski definition) is 1. The Morgan fingerprint density at radius 2 is 2.16 bits per heavy atom. The minimum atomic E-state index is -0.245. The number of halogens is 2. The summed E-state index contributed by atoms with van der Waals surface area (Å²) in [7, 11) is 2.00. The van der Waals surface area contributed by atoms with Gasteiger partial charge in [0.25, 0.3) is 0 Å². The number of hydrogen-bond acceptors (Lipinski definition) is 3. The molecule has 0 saturated heterocycles. The third-order valence-electron chi connectivity index (χ3n) is 3.44. The lowest BCUT2D eigenvalue weighted by Crippen LogP contribution is -2.40. The van der Waals surface area contributed by atoms with E-state index in [-0.39, 0.29) is 11.9 Å². The third-order valence-corrected chi connectivity index (χ3v) is 4.39. The Morgan fingerprint density at radius 1 is 1.47 bits per heavy atom. The Balaban J connectivity index is 3.01. The van der Waals surface area contributed by atoms with E-state index in [1.54, 1.807) is 23.9 Å². The molecule has 1 rings (SSSR count). The van der Waals surface area contributed by atoms with E-state index in [0.29, 0.717) is 23.2 Å². The zero-order chi connectivity index (χ0) is 14.4. The van der Waals surface area contributed by atoms with Crippen LogP contribution in [0.15, 0.2) is 18.2 Å². The maximum atomic E-state index is 14.0. The Morgan fingerprint density at radius 3 is 2.68 bits per heavy atom. The van der Waals surface area contributed by atoms with Gasteiger partial charge >= 0.3 is 0 Å². The van der Waals surface area contributed by atoms with Crippen LogP contribution in [0.2, 0.25) is 5.02 Å². The molecule has 108 valence electrons.